The van der Waals surface area contributed by atoms with E-state index in [2.05, 4.69) is 5.32 Å². The molecular formula is C13H21NO3S. The van der Waals surface area contributed by atoms with Crippen LogP contribution in [-0.2, 0) is 16.4 Å². The van der Waals surface area contributed by atoms with E-state index >= 15 is 0 Å². The third kappa shape index (κ3) is 4.66. The van der Waals surface area contributed by atoms with Gasteiger partial charge in [-0.25, -0.2) is 8.42 Å². The summed E-state index contributed by atoms with van der Waals surface area (Å²) in [7, 11) is -2.95. The number of phenolic OH excluding ortho intramolecular Hbond substituents is 1. The number of sulfone groups is 1. The molecule has 0 bridgehead atoms. The maximum atomic E-state index is 11.1. The van der Waals surface area contributed by atoms with Crippen molar-refractivity contribution in [1.82, 2.24) is 5.32 Å². The molecule has 1 unspecified atom stereocenters. The smallest absolute Gasteiger partial charge is 0.148 e. The van der Waals surface area contributed by atoms with Crippen molar-refractivity contribution in [2.24, 2.45) is 0 Å². The number of hydrogen-bond acceptors (Lipinski definition) is 4. The summed E-state index contributed by atoms with van der Waals surface area (Å²) < 4.78 is 22.3. The quantitative estimate of drug-likeness (QED) is 0.852. The summed E-state index contributed by atoms with van der Waals surface area (Å²) in [5.41, 5.74) is 2.72. The van der Waals surface area contributed by atoms with Crippen LogP contribution >= 0.6 is 0 Å². The molecule has 1 rings (SSSR count). The van der Waals surface area contributed by atoms with Crippen molar-refractivity contribution in [3.63, 3.8) is 0 Å². The predicted octanol–water partition coefficient (Wildman–Crippen LogP) is 1.53. The molecule has 1 aromatic carbocycles. The minimum atomic E-state index is -2.95. The van der Waals surface area contributed by atoms with Crippen LogP contribution in [0, 0.1) is 13.8 Å². The summed E-state index contributed by atoms with van der Waals surface area (Å²) in [6.07, 6.45) is 1.24. The highest BCUT2D eigenvalue weighted by Crippen LogP contribution is 2.22. The van der Waals surface area contributed by atoms with E-state index in [1.165, 1.54) is 6.26 Å². The van der Waals surface area contributed by atoms with Gasteiger partial charge in [0.2, 0.25) is 0 Å². The lowest BCUT2D eigenvalue weighted by Crippen LogP contribution is -2.32. The highest BCUT2D eigenvalue weighted by atomic mass is 32.2. The number of rotatable bonds is 5. The van der Waals surface area contributed by atoms with Gasteiger partial charge in [0.25, 0.3) is 0 Å². The number of hydrogen-bond donors (Lipinski definition) is 2. The molecule has 0 aliphatic rings. The number of aryl methyl sites for hydroxylation is 2. The zero-order valence-corrected chi connectivity index (χ0v) is 12.1. The summed E-state index contributed by atoms with van der Waals surface area (Å²) in [6.45, 7) is 6.15. The molecule has 2 N–H and O–H groups in total. The van der Waals surface area contributed by atoms with Crippen molar-refractivity contribution < 1.29 is 13.5 Å². The van der Waals surface area contributed by atoms with Crippen LogP contribution in [0.5, 0.6) is 5.75 Å². The van der Waals surface area contributed by atoms with E-state index < -0.39 is 9.84 Å². The molecule has 0 saturated carbocycles. The van der Waals surface area contributed by atoms with Crippen molar-refractivity contribution in [2.75, 3.05) is 12.0 Å². The van der Waals surface area contributed by atoms with Crippen LogP contribution in [0.4, 0.5) is 0 Å². The molecule has 0 saturated heterocycles. The zero-order valence-electron chi connectivity index (χ0n) is 11.3. The Kier molecular flexibility index (Phi) is 4.76. The molecule has 0 fully saturated rings. The van der Waals surface area contributed by atoms with Gasteiger partial charge >= 0.3 is 0 Å². The first-order valence-corrected chi connectivity index (χ1v) is 7.95. The third-order valence-corrected chi connectivity index (χ3v) is 3.86. The Bertz CT molecular complexity index is 500. The summed E-state index contributed by atoms with van der Waals surface area (Å²) in [4.78, 5) is 0. The highest BCUT2D eigenvalue weighted by molar-refractivity contribution is 7.90. The van der Waals surface area contributed by atoms with E-state index in [-0.39, 0.29) is 11.8 Å². The van der Waals surface area contributed by atoms with Gasteiger partial charge in [-0.05, 0) is 37.5 Å². The lowest BCUT2D eigenvalue weighted by Gasteiger charge is -2.14. The van der Waals surface area contributed by atoms with Gasteiger partial charge in [0, 0.05) is 18.8 Å². The second-order valence-electron chi connectivity index (χ2n) is 4.95. The first kappa shape index (κ1) is 15.0. The predicted molar refractivity (Wildman–Crippen MR) is 73.6 cm³/mol. The van der Waals surface area contributed by atoms with Gasteiger partial charge in [0.15, 0.2) is 0 Å². The molecule has 0 heterocycles. The fourth-order valence-electron chi connectivity index (χ4n) is 1.95. The minimum Gasteiger partial charge on any atom is -0.507 e. The van der Waals surface area contributed by atoms with Crippen molar-refractivity contribution in [3.05, 3.63) is 28.8 Å². The Balaban J connectivity index is 2.64. The van der Waals surface area contributed by atoms with Crippen LogP contribution in [0.25, 0.3) is 0 Å². The fourth-order valence-corrected chi connectivity index (χ4v) is 2.98. The van der Waals surface area contributed by atoms with Crippen LogP contribution in [0.15, 0.2) is 12.1 Å². The van der Waals surface area contributed by atoms with Crippen LogP contribution in [0.2, 0.25) is 0 Å². The van der Waals surface area contributed by atoms with Gasteiger partial charge in [-0.15, -0.1) is 0 Å². The molecule has 102 valence electrons. The van der Waals surface area contributed by atoms with Gasteiger partial charge in [-0.3, -0.25) is 0 Å². The Hall–Kier alpha value is -1.07. The molecule has 1 atom stereocenters. The van der Waals surface area contributed by atoms with Crippen LogP contribution in [0.1, 0.15) is 23.6 Å². The van der Waals surface area contributed by atoms with E-state index in [1.807, 2.05) is 32.9 Å². The molecular weight excluding hydrogens is 250 g/mol. The lowest BCUT2D eigenvalue weighted by molar-refractivity contribution is 0.466. The van der Waals surface area contributed by atoms with Gasteiger partial charge in [-0.2, -0.15) is 0 Å². The van der Waals surface area contributed by atoms with E-state index in [4.69, 9.17) is 0 Å². The molecule has 0 radical (unpaired) electrons. The maximum Gasteiger partial charge on any atom is 0.148 e. The topological polar surface area (TPSA) is 66.4 Å². The molecule has 1 aromatic rings. The fraction of sp³-hybridized carbons (Fsp3) is 0.538. The molecule has 0 amide bonds. The Morgan fingerprint density at radius 3 is 2.22 bits per heavy atom. The molecule has 4 nitrogen and oxygen atoms in total. The van der Waals surface area contributed by atoms with Crippen molar-refractivity contribution in [2.45, 2.75) is 33.4 Å². The van der Waals surface area contributed by atoms with Gasteiger partial charge < -0.3 is 10.4 Å². The average molecular weight is 271 g/mol. The van der Waals surface area contributed by atoms with E-state index in [0.29, 0.717) is 12.3 Å². The Morgan fingerprint density at radius 1 is 1.28 bits per heavy atom. The highest BCUT2D eigenvalue weighted by Gasteiger charge is 2.10. The number of aromatic hydroxyl groups is 1. The minimum absolute atomic E-state index is 0.0885. The van der Waals surface area contributed by atoms with E-state index in [9.17, 15) is 13.5 Å². The van der Waals surface area contributed by atoms with Crippen LogP contribution in [0.3, 0.4) is 0 Å². The molecule has 0 aliphatic heterocycles. The Labute approximate surface area is 109 Å². The molecule has 0 aliphatic carbocycles. The first-order valence-electron chi connectivity index (χ1n) is 5.89. The summed E-state index contributed by atoms with van der Waals surface area (Å²) in [6, 6.07) is 3.72. The summed E-state index contributed by atoms with van der Waals surface area (Å²) in [5, 5.41) is 12.8. The summed E-state index contributed by atoms with van der Waals surface area (Å²) >= 11 is 0. The standard InChI is InChI=1S/C13H21NO3S/c1-9-5-12(6-10(2)13(9)15)7-14-11(3)8-18(4,16)17/h5-6,11,14-15H,7-8H2,1-4H3. The second-order valence-corrected chi connectivity index (χ2v) is 7.14. The lowest BCUT2D eigenvalue weighted by atomic mass is 10.1. The SMILES string of the molecule is Cc1cc(CNC(C)CS(C)(=O)=O)cc(C)c1O. The maximum absolute atomic E-state index is 11.1. The molecule has 0 spiro atoms. The van der Waals surface area contributed by atoms with Gasteiger partial charge in [0.05, 0.1) is 5.75 Å². The van der Waals surface area contributed by atoms with Crippen molar-refractivity contribution >= 4 is 9.84 Å². The van der Waals surface area contributed by atoms with E-state index in [0.717, 1.165) is 16.7 Å². The van der Waals surface area contributed by atoms with Gasteiger partial charge in [-0.1, -0.05) is 12.1 Å². The largest absolute Gasteiger partial charge is 0.507 e. The normalized spacial score (nSPS) is 13.6. The average Bonchev–Trinajstić information content (AvgIpc) is 2.20. The van der Waals surface area contributed by atoms with Gasteiger partial charge in [0.1, 0.15) is 15.6 Å². The number of nitrogens with one attached hydrogen (secondary N) is 1. The second kappa shape index (κ2) is 5.71. The third-order valence-electron chi connectivity index (χ3n) is 2.76. The molecule has 18 heavy (non-hydrogen) atoms. The Morgan fingerprint density at radius 2 is 1.78 bits per heavy atom. The zero-order chi connectivity index (χ0) is 13.9. The monoisotopic (exact) mass is 271 g/mol. The number of phenols is 1. The van der Waals surface area contributed by atoms with Crippen molar-refractivity contribution in [1.29, 1.82) is 0 Å². The van der Waals surface area contributed by atoms with Crippen molar-refractivity contribution in [3.8, 4) is 5.75 Å². The molecule has 0 aromatic heterocycles. The first-order chi connectivity index (χ1) is 8.19. The summed E-state index contributed by atoms with van der Waals surface area (Å²) in [5.74, 6) is 0.450. The molecule has 5 heteroatoms. The van der Waals surface area contributed by atoms with Crippen LogP contribution in [-0.4, -0.2) is 31.6 Å². The van der Waals surface area contributed by atoms with Crippen LogP contribution < -0.4 is 5.32 Å². The van der Waals surface area contributed by atoms with E-state index in [1.54, 1.807) is 0 Å². The number of benzene rings is 1.